The molecule has 0 radical (unpaired) electrons. The van der Waals surface area contributed by atoms with Crippen LogP contribution in [0.5, 0.6) is 23.0 Å². The van der Waals surface area contributed by atoms with Gasteiger partial charge in [0, 0.05) is 0 Å². The smallest absolute Gasteiger partial charge is 0.206 e. The summed E-state index contributed by atoms with van der Waals surface area (Å²) >= 11 is 0. The van der Waals surface area contributed by atoms with Crippen LogP contribution in [0, 0.1) is 27.7 Å². The molecule has 0 aliphatic rings. The second-order valence-electron chi connectivity index (χ2n) is 8.09. The summed E-state index contributed by atoms with van der Waals surface area (Å²) in [5, 5.41) is 0. The molecule has 4 aromatic carbocycles. The lowest BCUT2D eigenvalue weighted by molar-refractivity contribution is 0.478. The van der Waals surface area contributed by atoms with Gasteiger partial charge in [0.2, 0.25) is 9.84 Å². The molecule has 0 saturated heterocycles. The summed E-state index contributed by atoms with van der Waals surface area (Å²) in [5.41, 5.74) is 4.51. The Morgan fingerprint density at radius 1 is 0.545 bits per heavy atom. The van der Waals surface area contributed by atoms with Gasteiger partial charge in [-0.1, -0.05) is 18.2 Å². The van der Waals surface area contributed by atoms with Gasteiger partial charge in [0.25, 0.3) is 0 Å². The topological polar surface area (TPSA) is 52.6 Å². The number of rotatable bonds is 6. The first-order chi connectivity index (χ1) is 15.7. The van der Waals surface area contributed by atoms with Crippen molar-refractivity contribution in [2.24, 2.45) is 0 Å². The summed E-state index contributed by atoms with van der Waals surface area (Å²) in [6, 6.07) is 24.6. The SMILES string of the molecule is Cc1ccc(Oc2ccc(S(=O)(=O)c3ccc(Oc4cccc(C)c4C)cc3)cc2)cc1C. The third kappa shape index (κ3) is 4.94. The quantitative estimate of drug-likeness (QED) is 0.303. The fourth-order valence-corrected chi connectivity index (χ4v) is 4.65. The Morgan fingerprint density at radius 3 is 1.67 bits per heavy atom. The molecule has 0 fully saturated rings. The highest BCUT2D eigenvalue weighted by Crippen LogP contribution is 2.30. The van der Waals surface area contributed by atoms with Crippen molar-refractivity contribution in [1.29, 1.82) is 0 Å². The first-order valence-corrected chi connectivity index (χ1v) is 12.2. The summed E-state index contributed by atoms with van der Waals surface area (Å²) in [5.74, 6) is 2.63. The molecule has 4 nitrogen and oxygen atoms in total. The highest BCUT2D eigenvalue weighted by atomic mass is 32.2. The highest BCUT2D eigenvalue weighted by molar-refractivity contribution is 7.91. The van der Waals surface area contributed by atoms with E-state index in [0.717, 1.165) is 22.4 Å². The molecule has 4 rings (SSSR count). The van der Waals surface area contributed by atoms with Crippen LogP contribution in [0.2, 0.25) is 0 Å². The van der Waals surface area contributed by atoms with Gasteiger partial charge in [-0.3, -0.25) is 0 Å². The lowest BCUT2D eigenvalue weighted by atomic mass is 10.1. The maximum atomic E-state index is 13.1. The third-order valence-corrected chi connectivity index (χ3v) is 7.55. The summed E-state index contributed by atoms with van der Waals surface area (Å²) in [6.45, 7) is 8.09. The summed E-state index contributed by atoms with van der Waals surface area (Å²) in [7, 11) is -3.66. The Morgan fingerprint density at radius 2 is 1.09 bits per heavy atom. The molecular formula is C28H26O4S. The Balaban J connectivity index is 1.50. The first kappa shape index (κ1) is 22.6. The van der Waals surface area contributed by atoms with E-state index >= 15 is 0 Å². The zero-order chi connectivity index (χ0) is 23.6. The normalized spacial score (nSPS) is 11.3. The number of hydrogen-bond acceptors (Lipinski definition) is 4. The number of ether oxygens (including phenoxy) is 2. The van der Waals surface area contributed by atoms with Crippen LogP contribution in [0.4, 0.5) is 0 Å². The van der Waals surface area contributed by atoms with E-state index in [1.54, 1.807) is 48.5 Å². The Bertz CT molecular complexity index is 1390. The fraction of sp³-hybridized carbons (Fsp3) is 0.143. The van der Waals surface area contributed by atoms with Gasteiger partial charge in [-0.15, -0.1) is 0 Å². The van der Waals surface area contributed by atoms with Crippen molar-refractivity contribution in [1.82, 2.24) is 0 Å². The van der Waals surface area contributed by atoms with E-state index in [0.29, 0.717) is 17.2 Å². The molecule has 0 aliphatic carbocycles. The van der Waals surface area contributed by atoms with E-state index in [1.165, 1.54) is 5.56 Å². The van der Waals surface area contributed by atoms with Crippen molar-refractivity contribution in [2.45, 2.75) is 37.5 Å². The van der Waals surface area contributed by atoms with Gasteiger partial charge in [0.05, 0.1) is 9.79 Å². The van der Waals surface area contributed by atoms with Crippen molar-refractivity contribution in [3.05, 3.63) is 107 Å². The van der Waals surface area contributed by atoms with Crippen LogP contribution in [-0.2, 0) is 9.84 Å². The van der Waals surface area contributed by atoms with Crippen molar-refractivity contribution in [3.8, 4) is 23.0 Å². The predicted octanol–water partition coefficient (Wildman–Crippen LogP) is 7.34. The van der Waals surface area contributed by atoms with E-state index in [1.807, 2.05) is 64.1 Å². The monoisotopic (exact) mass is 458 g/mol. The number of benzene rings is 4. The van der Waals surface area contributed by atoms with Crippen molar-refractivity contribution >= 4 is 9.84 Å². The summed E-state index contributed by atoms with van der Waals surface area (Å²) < 4.78 is 38.0. The van der Waals surface area contributed by atoms with E-state index in [2.05, 4.69) is 0 Å². The van der Waals surface area contributed by atoms with Crippen LogP contribution in [0.3, 0.4) is 0 Å². The van der Waals surface area contributed by atoms with E-state index in [9.17, 15) is 8.42 Å². The fourth-order valence-electron chi connectivity index (χ4n) is 3.38. The molecule has 0 saturated carbocycles. The van der Waals surface area contributed by atoms with Crippen molar-refractivity contribution < 1.29 is 17.9 Å². The molecular weight excluding hydrogens is 432 g/mol. The Kier molecular flexibility index (Phi) is 6.25. The van der Waals surface area contributed by atoms with E-state index < -0.39 is 9.84 Å². The molecule has 0 N–H and O–H groups in total. The molecule has 0 spiro atoms. The first-order valence-electron chi connectivity index (χ1n) is 10.7. The average Bonchev–Trinajstić information content (AvgIpc) is 2.80. The predicted molar refractivity (Wildman–Crippen MR) is 130 cm³/mol. The van der Waals surface area contributed by atoms with Gasteiger partial charge < -0.3 is 9.47 Å². The molecule has 168 valence electrons. The minimum Gasteiger partial charge on any atom is -0.457 e. The third-order valence-electron chi connectivity index (χ3n) is 5.76. The second kappa shape index (κ2) is 9.12. The second-order valence-corrected chi connectivity index (χ2v) is 10.0. The van der Waals surface area contributed by atoms with Crippen LogP contribution in [-0.4, -0.2) is 8.42 Å². The van der Waals surface area contributed by atoms with Crippen LogP contribution in [0.1, 0.15) is 22.3 Å². The summed E-state index contributed by atoms with van der Waals surface area (Å²) in [4.78, 5) is 0.414. The maximum absolute atomic E-state index is 13.1. The number of sulfone groups is 1. The van der Waals surface area contributed by atoms with E-state index in [4.69, 9.17) is 9.47 Å². The molecule has 0 atom stereocenters. The van der Waals surface area contributed by atoms with Crippen molar-refractivity contribution in [2.75, 3.05) is 0 Å². The number of hydrogen-bond donors (Lipinski definition) is 0. The molecule has 0 bridgehead atoms. The van der Waals surface area contributed by atoms with Gasteiger partial charge in [-0.05, 0) is 117 Å². The molecule has 5 heteroatoms. The summed E-state index contributed by atoms with van der Waals surface area (Å²) in [6.07, 6.45) is 0. The van der Waals surface area contributed by atoms with Gasteiger partial charge >= 0.3 is 0 Å². The zero-order valence-electron chi connectivity index (χ0n) is 19.1. The zero-order valence-corrected chi connectivity index (χ0v) is 19.9. The standard InChI is InChI=1S/C28H26O4S/c1-19-8-9-25(18-21(19)3)31-23-10-14-26(15-11-23)33(29,30)27-16-12-24(13-17-27)32-28-7-5-6-20(2)22(28)4/h5-18H,1-4H3. The van der Waals surface area contributed by atoms with Crippen LogP contribution < -0.4 is 9.47 Å². The molecule has 0 heterocycles. The van der Waals surface area contributed by atoms with Gasteiger partial charge in [0.1, 0.15) is 23.0 Å². The highest BCUT2D eigenvalue weighted by Gasteiger charge is 2.18. The largest absolute Gasteiger partial charge is 0.457 e. The number of aryl methyl sites for hydroxylation is 3. The molecule has 0 amide bonds. The van der Waals surface area contributed by atoms with Crippen LogP contribution in [0.25, 0.3) is 0 Å². The van der Waals surface area contributed by atoms with Gasteiger partial charge in [-0.2, -0.15) is 0 Å². The maximum Gasteiger partial charge on any atom is 0.206 e. The Labute approximate surface area is 195 Å². The molecule has 0 aromatic heterocycles. The van der Waals surface area contributed by atoms with Crippen LogP contribution >= 0.6 is 0 Å². The minimum absolute atomic E-state index is 0.207. The van der Waals surface area contributed by atoms with Crippen LogP contribution in [0.15, 0.2) is 94.7 Å². The Hall–Kier alpha value is -3.57. The lowest BCUT2D eigenvalue weighted by Gasteiger charge is -2.11. The van der Waals surface area contributed by atoms with E-state index in [-0.39, 0.29) is 9.79 Å². The minimum atomic E-state index is -3.66. The lowest BCUT2D eigenvalue weighted by Crippen LogP contribution is -2.02. The average molecular weight is 459 g/mol. The molecule has 0 aliphatic heterocycles. The van der Waals surface area contributed by atoms with Gasteiger partial charge in [0.15, 0.2) is 0 Å². The van der Waals surface area contributed by atoms with Gasteiger partial charge in [-0.25, -0.2) is 8.42 Å². The molecule has 33 heavy (non-hydrogen) atoms. The molecule has 4 aromatic rings. The van der Waals surface area contributed by atoms with Crippen molar-refractivity contribution in [3.63, 3.8) is 0 Å². The molecule has 0 unspecified atom stereocenters.